The predicted octanol–water partition coefficient (Wildman–Crippen LogP) is 2.75. The van der Waals surface area contributed by atoms with Crippen LogP contribution in [0.25, 0.3) is 17.0 Å². The third kappa shape index (κ3) is 2.77. The van der Waals surface area contributed by atoms with Gasteiger partial charge in [-0.05, 0) is 38.8 Å². The number of hydrogen-bond acceptors (Lipinski definition) is 6. The van der Waals surface area contributed by atoms with Crippen molar-refractivity contribution in [1.29, 1.82) is 0 Å². The summed E-state index contributed by atoms with van der Waals surface area (Å²) in [5.41, 5.74) is 4.67. The van der Waals surface area contributed by atoms with Gasteiger partial charge in [-0.25, -0.2) is 9.50 Å². The number of fused-ring (bicyclic) bond motifs is 2. The average Bonchev–Trinajstić information content (AvgIpc) is 3.34. The van der Waals surface area contributed by atoms with Crippen LogP contribution in [0.5, 0.6) is 0 Å². The van der Waals surface area contributed by atoms with Crippen LogP contribution in [0.2, 0.25) is 0 Å². The van der Waals surface area contributed by atoms with Gasteiger partial charge < -0.3 is 8.94 Å². The third-order valence-electron chi connectivity index (χ3n) is 5.35. The summed E-state index contributed by atoms with van der Waals surface area (Å²) < 4.78 is 12.4. The number of H-pyrrole nitrogens is 1. The molecule has 5 rings (SSSR count). The summed E-state index contributed by atoms with van der Waals surface area (Å²) in [7, 11) is 0. The summed E-state index contributed by atoms with van der Waals surface area (Å²) in [5.74, 6) is 2.61. The van der Waals surface area contributed by atoms with E-state index >= 15 is 0 Å². The van der Waals surface area contributed by atoms with Crippen LogP contribution in [-0.4, -0.2) is 31.2 Å². The van der Waals surface area contributed by atoms with Gasteiger partial charge in [0.2, 0.25) is 0 Å². The lowest BCUT2D eigenvalue weighted by Gasteiger charge is -2.26. The van der Waals surface area contributed by atoms with E-state index in [1.807, 2.05) is 32.9 Å². The first-order valence-electron chi connectivity index (χ1n) is 9.33. The molecule has 5 heterocycles. The van der Waals surface area contributed by atoms with Gasteiger partial charge in [-0.2, -0.15) is 0 Å². The molecule has 1 aliphatic heterocycles. The zero-order chi connectivity index (χ0) is 19.4. The molecule has 0 bridgehead atoms. The Kier molecular flexibility index (Phi) is 3.77. The van der Waals surface area contributed by atoms with Crippen molar-refractivity contribution < 1.29 is 8.94 Å². The molecule has 0 spiro atoms. The Morgan fingerprint density at radius 3 is 2.79 bits per heavy atom. The van der Waals surface area contributed by atoms with E-state index in [0.29, 0.717) is 42.3 Å². The van der Waals surface area contributed by atoms with Crippen molar-refractivity contribution in [2.24, 2.45) is 0 Å². The zero-order valence-electron chi connectivity index (χ0n) is 16.1. The monoisotopic (exact) mass is 379 g/mol. The largest absolute Gasteiger partial charge is 0.465 e. The second-order valence-electron chi connectivity index (χ2n) is 7.44. The van der Waals surface area contributed by atoms with Gasteiger partial charge in [-0.3, -0.25) is 14.8 Å². The summed E-state index contributed by atoms with van der Waals surface area (Å²) in [4.78, 5) is 20.0. The van der Waals surface area contributed by atoms with Crippen LogP contribution >= 0.6 is 0 Å². The second-order valence-corrected chi connectivity index (χ2v) is 7.44. The normalized spacial score (nSPS) is 14.7. The van der Waals surface area contributed by atoms with Crippen LogP contribution in [0.1, 0.15) is 34.1 Å². The fourth-order valence-corrected chi connectivity index (χ4v) is 3.76. The van der Waals surface area contributed by atoms with E-state index in [4.69, 9.17) is 13.9 Å². The van der Waals surface area contributed by atoms with Crippen molar-refractivity contribution in [3.05, 3.63) is 62.7 Å². The fraction of sp³-hybridized carbons (Fsp3) is 0.350. The summed E-state index contributed by atoms with van der Waals surface area (Å²) in [6.07, 6.45) is 0.667. The summed E-state index contributed by atoms with van der Waals surface area (Å²) >= 11 is 0. The molecule has 8 nitrogen and oxygen atoms in total. The Morgan fingerprint density at radius 2 is 2.07 bits per heavy atom. The number of aryl methyl sites for hydroxylation is 3. The fourth-order valence-electron chi connectivity index (χ4n) is 3.76. The highest BCUT2D eigenvalue weighted by Crippen LogP contribution is 2.22. The van der Waals surface area contributed by atoms with E-state index in [9.17, 15) is 4.79 Å². The first kappa shape index (κ1) is 17.0. The highest BCUT2D eigenvalue weighted by atomic mass is 16.5. The molecule has 0 unspecified atom stereocenters. The molecule has 4 aromatic rings. The topological polar surface area (TPSA) is 92.6 Å². The maximum Gasteiger partial charge on any atom is 0.276 e. The van der Waals surface area contributed by atoms with Gasteiger partial charge in [0, 0.05) is 30.8 Å². The molecular formula is C20H21N5O3. The van der Waals surface area contributed by atoms with Crippen LogP contribution in [0, 0.1) is 20.8 Å². The van der Waals surface area contributed by atoms with Crippen molar-refractivity contribution >= 4 is 5.65 Å². The molecule has 1 aliphatic rings. The van der Waals surface area contributed by atoms with Crippen LogP contribution in [-0.2, 0) is 19.5 Å². The number of rotatable bonds is 3. The van der Waals surface area contributed by atoms with Gasteiger partial charge in [-0.1, -0.05) is 5.16 Å². The van der Waals surface area contributed by atoms with E-state index in [-0.39, 0.29) is 5.56 Å². The molecule has 28 heavy (non-hydrogen) atoms. The van der Waals surface area contributed by atoms with Crippen LogP contribution in [0.3, 0.4) is 0 Å². The minimum absolute atomic E-state index is 0.0456. The van der Waals surface area contributed by atoms with Crippen molar-refractivity contribution in [2.75, 3.05) is 6.54 Å². The standard InChI is InChI=1S/C20H21N5O3/c1-11-6-14(27-13(11)3)9-24-5-4-15-18(10-24)21-19-8-16(22-25(19)20(15)26)17-7-12(2)28-23-17/h6-8,22H,4-5,9-10H2,1-3H3. The molecule has 0 radical (unpaired) electrons. The lowest BCUT2D eigenvalue weighted by atomic mass is 10.1. The Bertz CT molecular complexity index is 1220. The van der Waals surface area contributed by atoms with Gasteiger partial charge in [0.15, 0.2) is 5.65 Å². The SMILES string of the molecule is Cc1cc(-c2cc3nc4c(c(=O)n3[nH]2)CCN(Cc2cc(C)c(C)o2)C4)no1. The minimum atomic E-state index is -0.0456. The molecule has 1 N–H and O–H groups in total. The van der Waals surface area contributed by atoms with E-state index in [1.54, 1.807) is 0 Å². The first-order chi connectivity index (χ1) is 13.5. The van der Waals surface area contributed by atoms with Crippen LogP contribution in [0.15, 0.2) is 31.9 Å². The molecule has 0 saturated heterocycles. The van der Waals surface area contributed by atoms with Crippen molar-refractivity contribution in [1.82, 2.24) is 24.7 Å². The van der Waals surface area contributed by atoms with E-state index in [1.165, 1.54) is 4.52 Å². The molecule has 144 valence electrons. The van der Waals surface area contributed by atoms with Gasteiger partial charge in [0.05, 0.1) is 17.9 Å². The van der Waals surface area contributed by atoms with Gasteiger partial charge in [-0.15, -0.1) is 0 Å². The minimum Gasteiger partial charge on any atom is -0.465 e. The first-order valence-corrected chi connectivity index (χ1v) is 9.33. The number of aromatic amines is 1. The highest BCUT2D eigenvalue weighted by molar-refractivity contribution is 5.60. The maximum atomic E-state index is 12.9. The predicted molar refractivity (Wildman–Crippen MR) is 102 cm³/mol. The van der Waals surface area contributed by atoms with Gasteiger partial charge in [0.1, 0.15) is 23.0 Å². The summed E-state index contributed by atoms with van der Waals surface area (Å²) in [6.45, 7) is 8.00. The van der Waals surface area contributed by atoms with E-state index in [2.05, 4.69) is 21.2 Å². The van der Waals surface area contributed by atoms with Crippen molar-refractivity contribution in [2.45, 2.75) is 40.3 Å². The lowest BCUT2D eigenvalue weighted by molar-refractivity contribution is 0.220. The molecule has 0 saturated carbocycles. The van der Waals surface area contributed by atoms with Crippen molar-refractivity contribution in [3.63, 3.8) is 0 Å². The molecular weight excluding hydrogens is 358 g/mol. The summed E-state index contributed by atoms with van der Waals surface area (Å²) in [6, 6.07) is 5.73. The molecule has 0 aliphatic carbocycles. The van der Waals surface area contributed by atoms with Crippen LogP contribution < -0.4 is 5.56 Å². The maximum absolute atomic E-state index is 12.9. The van der Waals surface area contributed by atoms with Crippen LogP contribution in [0.4, 0.5) is 0 Å². The highest BCUT2D eigenvalue weighted by Gasteiger charge is 2.23. The number of aromatic nitrogens is 4. The summed E-state index contributed by atoms with van der Waals surface area (Å²) in [5, 5.41) is 7.10. The molecule has 0 atom stereocenters. The number of furan rings is 1. The number of hydrogen-bond donors (Lipinski definition) is 1. The Hall–Kier alpha value is -3.13. The second kappa shape index (κ2) is 6.20. The molecule has 8 heteroatoms. The molecule has 0 amide bonds. The lowest BCUT2D eigenvalue weighted by Crippen LogP contribution is -2.35. The number of nitrogens with one attached hydrogen (secondary N) is 1. The Balaban J connectivity index is 1.47. The Morgan fingerprint density at radius 1 is 1.21 bits per heavy atom. The van der Waals surface area contributed by atoms with E-state index < -0.39 is 0 Å². The Labute approximate surface area is 160 Å². The van der Waals surface area contributed by atoms with Gasteiger partial charge in [0.25, 0.3) is 5.56 Å². The smallest absolute Gasteiger partial charge is 0.276 e. The van der Waals surface area contributed by atoms with Gasteiger partial charge >= 0.3 is 0 Å². The quantitative estimate of drug-likeness (QED) is 0.588. The number of nitrogens with zero attached hydrogens (tertiary/aromatic N) is 4. The molecule has 4 aromatic heterocycles. The zero-order valence-corrected chi connectivity index (χ0v) is 16.1. The average molecular weight is 379 g/mol. The van der Waals surface area contributed by atoms with Crippen molar-refractivity contribution in [3.8, 4) is 11.4 Å². The van der Waals surface area contributed by atoms with E-state index in [0.717, 1.165) is 34.9 Å². The molecule has 0 aromatic carbocycles. The molecule has 0 fully saturated rings. The third-order valence-corrected chi connectivity index (χ3v) is 5.35.